The Morgan fingerprint density at radius 3 is 2.59 bits per heavy atom. The summed E-state index contributed by atoms with van der Waals surface area (Å²) in [4.78, 5) is 20.0. The van der Waals surface area contributed by atoms with Crippen molar-refractivity contribution in [3.8, 4) is 0 Å². The van der Waals surface area contributed by atoms with E-state index in [1.807, 2.05) is 4.90 Å². The Kier molecular flexibility index (Phi) is 4.54. The van der Waals surface area contributed by atoms with Crippen LogP contribution in [-0.2, 0) is 4.79 Å². The van der Waals surface area contributed by atoms with Crippen molar-refractivity contribution < 1.29 is 4.79 Å². The number of rotatable bonds is 5. The zero-order valence-electron chi connectivity index (χ0n) is 10.6. The third kappa shape index (κ3) is 3.53. The molecule has 0 aromatic carbocycles. The lowest BCUT2D eigenvalue weighted by Gasteiger charge is -2.30. The zero-order chi connectivity index (χ0) is 12.1. The zero-order valence-corrected chi connectivity index (χ0v) is 10.6. The van der Waals surface area contributed by atoms with Gasteiger partial charge in [-0.2, -0.15) is 0 Å². The molecule has 2 saturated heterocycles. The van der Waals surface area contributed by atoms with Gasteiger partial charge in [-0.05, 0) is 38.9 Å². The Labute approximate surface area is 104 Å². The van der Waals surface area contributed by atoms with Gasteiger partial charge in [-0.25, -0.2) is 0 Å². The molecule has 17 heavy (non-hydrogen) atoms. The molecule has 0 unspecified atom stereocenters. The van der Waals surface area contributed by atoms with Crippen molar-refractivity contribution in [2.75, 3.05) is 32.7 Å². The normalized spacial score (nSPS) is 23.3. The minimum atomic E-state index is 0.347. The first-order valence-electron chi connectivity index (χ1n) is 6.75. The molecule has 2 fully saturated rings. The molecule has 0 aromatic heterocycles. The van der Waals surface area contributed by atoms with Gasteiger partial charge < -0.3 is 9.80 Å². The first kappa shape index (κ1) is 12.6. The van der Waals surface area contributed by atoms with Crippen LogP contribution in [0.1, 0.15) is 32.1 Å². The van der Waals surface area contributed by atoms with Gasteiger partial charge in [0, 0.05) is 32.6 Å². The topological polar surface area (TPSA) is 35.9 Å². The van der Waals surface area contributed by atoms with Crippen LogP contribution in [0.2, 0.25) is 0 Å². The number of nitrogens with zero attached hydrogens (tertiary/aromatic N) is 3. The van der Waals surface area contributed by atoms with E-state index in [0.717, 1.165) is 64.8 Å². The highest BCUT2D eigenvalue weighted by molar-refractivity contribution is 5.77. The predicted molar refractivity (Wildman–Crippen MR) is 69.4 cm³/mol. The monoisotopic (exact) mass is 237 g/mol. The standard InChI is InChI=1S/C13H23N3O/c1-14-12-5-10-15(11-6-12)7-3-9-16-8-2-4-13(16)17/h12H,1-11H2. The van der Waals surface area contributed by atoms with Crippen molar-refractivity contribution in [2.45, 2.75) is 38.1 Å². The quantitative estimate of drug-likeness (QED) is 0.673. The molecule has 4 nitrogen and oxygen atoms in total. The van der Waals surface area contributed by atoms with Crippen LogP contribution in [-0.4, -0.2) is 61.2 Å². The summed E-state index contributed by atoms with van der Waals surface area (Å²) in [5, 5.41) is 0. The summed E-state index contributed by atoms with van der Waals surface area (Å²) in [5.41, 5.74) is 0. The van der Waals surface area contributed by atoms with Crippen molar-refractivity contribution in [1.82, 2.24) is 9.80 Å². The first-order valence-corrected chi connectivity index (χ1v) is 6.75. The Hall–Kier alpha value is -0.900. The van der Waals surface area contributed by atoms with E-state index < -0.39 is 0 Å². The number of carbonyl (C=O) groups is 1. The SMILES string of the molecule is C=NC1CCN(CCCN2CCCC2=O)CC1. The summed E-state index contributed by atoms with van der Waals surface area (Å²) in [7, 11) is 0. The highest BCUT2D eigenvalue weighted by atomic mass is 16.2. The van der Waals surface area contributed by atoms with E-state index >= 15 is 0 Å². The summed E-state index contributed by atoms with van der Waals surface area (Å²) in [6.45, 7) is 8.93. The molecule has 0 bridgehead atoms. The highest BCUT2D eigenvalue weighted by Crippen LogP contribution is 2.14. The number of hydrogen-bond donors (Lipinski definition) is 0. The van der Waals surface area contributed by atoms with Gasteiger partial charge in [0.05, 0.1) is 6.04 Å². The summed E-state index contributed by atoms with van der Waals surface area (Å²) < 4.78 is 0. The van der Waals surface area contributed by atoms with Crippen LogP contribution >= 0.6 is 0 Å². The smallest absolute Gasteiger partial charge is 0.222 e. The Morgan fingerprint density at radius 1 is 1.24 bits per heavy atom. The van der Waals surface area contributed by atoms with E-state index in [9.17, 15) is 4.79 Å². The van der Waals surface area contributed by atoms with Gasteiger partial charge >= 0.3 is 0 Å². The second-order valence-electron chi connectivity index (χ2n) is 5.09. The van der Waals surface area contributed by atoms with Gasteiger partial charge in [-0.3, -0.25) is 9.79 Å². The maximum atomic E-state index is 11.4. The van der Waals surface area contributed by atoms with Gasteiger partial charge in [0.25, 0.3) is 0 Å². The van der Waals surface area contributed by atoms with Crippen molar-refractivity contribution in [3.05, 3.63) is 0 Å². The maximum absolute atomic E-state index is 11.4. The van der Waals surface area contributed by atoms with Crippen LogP contribution in [0.5, 0.6) is 0 Å². The van der Waals surface area contributed by atoms with Gasteiger partial charge in [-0.1, -0.05) is 0 Å². The van der Waals surface area contributed by atoms with E-state index in [1.165, 1.54) is 0 Å². The van der Waals surface area contributed by atoms with E-state index in [2.05, 4.69) is 16.6 Å². The van der Waals surface area contributed by atoms with Crippen molar-refractivity contribution >= 4 is 12.6 Å². The van der Waals surface area contributed by atoms with E-state index in [4.69, 9.17) is 0 Å². The summed E-state index contributed by atoms with van der Waals surface area (Å²) >= 11 is 0. The Bertz CT molecular complexity index is 272. The molecule has 4 heteroatoms. The van der Waals surface area contributed by atoms with Gasteiger partial charge in [-0.15, -0.1) is 0 Å². The molecule has 0 spiro atoms. The summed E-state index contributed by atoms with van der Waals surface area (Å²) in [6.07, 6.45) is 5.21. The average molecular weight is 237 g/mol. The van der Waals surface area contributed by atoms with E-state index in [-0.39, 0.29) is 0 Å². The molecule has 0 aromatic rings. The van der Waals surface area contributed by atoms with Crippen molar-refractivity contribution in [1.29, 1.82) is 0 Å². The van der Waals surface area contributed by atoms with Gasteiger partial charge in [0.2, 0.25) is 5.91 Å². The molecule has 96 valence electrons. The minimum absolute atomic E-state index is 0.347. The third-order valence-corrected chi connectivity index (χ3v) is 3.89. The minimum Gasteiger partial charge on any atom is -0.343 e. The molecule has 0 radical (unpaired) electrons. The van der Waals surface area contributed by atoms with Crippen LogP contribution in [0, 0.1) is 0 Å². The predicted octanol–water partition coefficient (Wildman–Crippen LogP) is 1.16. The summed E-state index contributed by atoms with van der Waals surface area (Å²) in [5.74, 6) is 0.347. The number of amides is 1. The number of likely N-dealkylation sites (tertiary alicyclic amines) is 2. The first-order chi connectivity index (χ1) is 8.29. The lowest BCUT2D eigenvalue weighted by molar-refractivity contribution is -0.127. The van der Waals surface area contributed by atoms with Crippen LogP contribution in [0.3, 0.4) is 0 Å². The van der Waals surface area contributed by atoms with Crippen LogP contribution in [0.15, 0.2) is 4.99 Å². The average Bonchev–Trinajstić information content (AvgIpc) is 2.76. The largest absolute Gasteiger partial charge is 0.343 e. The molecular weight excluding hydrogens is 214 g/mol. The van der Waals surface area contributed by atoms with Crippen molar-refractivity contribution in [3.63, 3.8) is 0 Å². The molecule has 0 atom stereocenters. The van der Waals surface area contributed by atoms with Gasteiger partial charge in [0.1, 0.15) is 0 Å². The second-order valence-corrected chi connectivity index (χ2v) is 5.09. The highest BCUT2D eigenvalue weighted by Gasteiger charge is 2.21. The molecular formula is C13H23N3O. The van der Waals surface area contributed by atoms with Crippen LogP contribution in [0.25, 0.3) is 0 Å². The van der Waals surface area contributed by atoms with E-state index in [0.29, 0.717) is 11.9 Å². The van der Waals surface area contributed by atoms with E-state index in [1.54, 1.807) is 0 Å². The molecule has 0 aliphatic carbocycles. The number of carbonyl (C=O) groups excluding carboxylic acids is 1. The lowest BCUT2D eigenvalue weighted by atomic mass is 10.1. The molecule has 0 saturated carbocycles. The molecule has 2 aliphatic rings. The molecule has 1 amide bonds. The van der Waals surface area contributed by atoms with Crippen LogP contribution < -0.4 is 0 Å². The fourth-order valence-corrected chi connectivity index (χ4v) is 2.75. The molecule has 2 aliphatic heterocycles. The molecule has 2 rings (SSSR count). The number of piperidine rings is 1. The lowest BCUT2D eigenvalue weighted by Crippen LogP contribution is -2.37. The Morgan fingerprint density at radius 2 is 2.00 bits per heavy atom. The fourth-order valence-electron chi connectivity index (χ4n) is 2.75. The third-order valence-electron chi connectivity index (χ3n) is 3.89. The van der Waals surface area contributed by atoms with Gasteiger partial charge in [0.15, 0.2) is 0 Å². The number of hydrogen-bond acceptors (Lipinski definition) is 3. The fraction of sp³-hybridized carbons (Fsp3) is 0.846. The summed E-state index contributed by atoms with van der Waals surface area (Å²) in [6, 6.07) is 0.478. The van der Waals surface area contributed by atoms with Crippen molar-refractivity contribution in [2.24, 2.45) is 4.99 Å². The molecule has 2 heterocycles. The molecule has 0 N–H and O–H groups in total. The maximum Gasteiger partial charge on any atom is 0.222 e. The number of aliphatic imine (C=N–C) groups is 1. The Balaban J connectivity index is 1.59. The second kappa shape index (κ2) is 6.15. The van der Waals surface area contributed by atoms with Crippen LogP contribution in [0.4, 0.5) is 0 Å².